The Bertz CT molecular complexity index is 1040. The summed E-state index contributed by atoms with van der Waals surface area (Å²) in [6, 6.07) is 11.9. The molecule has 1 aromatic heterocycles. The molecule has 0 aliphatic carbocycles. The van der Waals surface area contributed by atoms with Crippen molar-refractivity contribution in [3.8, 4) is 28.6 Å². The van der Waals surface area contributed by atoms with Crippen molar-refractivity contribution in [1.82, 2.24) is 5.16 Å². The van der Waals surface area contributed by atoms with Gasteiger partial charge in [-0.25, -0.2) is 4.79 Å². The topological polar surface area (TPSA) is 80.0 Å². The Hall–Kier alpha value is -2.90. The zero-order valence-corrected chi connectivity index (χ0v) is 16.5. The van der Waals surface area contributed by atoms with Crippen LogP contribution in [0.5, 0.6) is 17.2 Å². The third kappa shape index (κ3) is 4.75. The number of rotatable bonds is 6. The van der Waals surface area contributed by atoms with E-state index in [0.717, 1.165) is 5.56 Å². The van der Waals surface area contributed by atoms with Crippen molar-refractivity contribution in [3.05, 3.63) is 58.2 Å². The molecule has 2 heterocycles. The van der Waals surface area contributed by atoms with Crippen LogP contribution in [-0.4, -0.2) is 30.9 Å². The molecule has 0 saturated carbocycles. The van der Waals surface area contributed by atoms with Gasteiger partial charge in [0.15, 0.2) is 23.9 Å². The van der Waals surface area contributed by atoms with Gasteiger partial charge in [-0.3, -0.25) is 0 Å². The molecular weight excluding hydrogens is 421 g/mol. The molecule has 29 heavy (non-hydrogen) atoms. The van der Waals surface area contributed by atoms with Gasteiger partial charge < -0.3 is 23.5 Å². The minimum absolute atomic E-state index is 0.0510. The molecular formula is C20H15Cl2NO6. The van der Waals surface area contributed by atoms with Crippen LogP contribution in [0.2, 0.25) is 10.0 Å². The molecule has 3 aromatic rings. The van der Waals surface area contributed by atoms with Crippen molar-refractivity contribution in [2.24, 2.45) is 0 Å². The standard InChI is InChI=1S/C20H15Cl2NO6/c21-13-2-4-16(15(22)8-13)27-11-20(24)28-10-14-9-18(29-23-14)12-1-3-17-19(7-12)26-6-5-25-17/h1-4,7-9H,5-6,10-11H2. The monoisotopic (exact) mass is 435 g/mol. The highest BCUT2D eigenvalue weighted by atomic mass is 35.5. The van der Waals surface area contributed by atoms with Gasteiger partial charge in [0, 0.05) is 16.7 Å². The van der Waals surface area contributed by atoms with Crippen LogP contribution in [0.15, 0.2) is 47.0 Å². The average Bonchev–Trinajstić information content (AvgIpc) is 3.20. The van der Waals surface area contributed by atoms with Crippen LogP contribution in [0.3, 0.4) is 0 Å². The van der Waals surface area contributed by atoms with E-state index in [2.05, 4.69) is 5.16 Å². The Morgan fingerprint density at radius 3 is 2.69 bits per heavy atom. The van der Waals surface area contributed by atoms with Gasteiger partial charge in [0.1, 0.15) is 31.3 Å². The lowest BCUT2D eigenvalue weighted by atomic mass is 10.1. The number of nitrogens with zero attached hydrogens (tertiary/aromatic N) is 1. The van der Waals surface area contributed by atoms with Crippen LogP contribution in [0.25, 0.3) is 11.3 Å². The predicted molar refractivity (Wildman–Crippen MR) is 105 cm³/mol. The zero-order valence-electron chi connectivity index (χ0n) is 15.0. The van der Waals surface area contributed by atoms with Crippen LogP contribution >= 0.6 is 23.2 Å². The summed E-state index contributed by atoms with van der Waals surface area (Å²) in [6.45, 7) is 0.675. The molecule has 0 unspecified atom stereocenters. The Balaban J connectivity index is 1.31. The highest BCUT2D eigenvalue weighted by molar-refractivity contribution is 6.35. The van der Waals surface area contributed by atoms with E-state index in [4.69, 9.17) is 46.7 Å². The van der Waals surface area contributed by atoms with Crippen molar-refractivity contribution in [1.29, 1.82) is 0 Å². The molecule has 0 atom stereocenters. The second-order valence-corrected chi connectivity index (χ2v) is 6.91. The second-order valence-electron chi connectivity index (χ2n) is 6.07. The number of ether oxygens (including phenoxy) is 4. The number of carbonyl (C=O) groups excluding carboxylic acids is 1. The molecule has 0 fully saturated rings. The SMILES string of the molecule is O=C(COc1ccc(Cl)cc1Cl)OCc1cc(-c2ccc3c(c2)OCCO3)on1. The first kappa shape index (κ1) is 19.4. The van der Waals surface area contributed by atoms with Crippen LogP contribution in [-0.2, 0) is 16.1 Å². The largest absolute Gasteiger partial charge is 0.486 e. The molecule has 0 amide bonds. The zero-order chi connectivity index (χ0) is 20.2. The van der Waals surface area contributed by atoms with E-state index in [0.29, 0.717) is 52.0 Å². The minimum atomic E-state index is -0.570. The summed E-state index contributed by atoms with van der Waals surface area (Å²) in [7, 11) is 0. The van der Waals surface area contributed by atoms with Gasteiger partial charge >= 0.3 is 5.97 Å². The van der Waals surface area contributed by atoms with Gasteiger partial charge in [0.05, 0.1) is 5.02 Å². The van der Waals surface area contributed by atoms with Gasteiger partial charge in [-0.15, -0.1) is 0 Å². The Labute approximate surface area is 176 Å². The van der Waals surface area contributed by atoms with E-state index in [1.165, 1.54) is 6.07 Å². The Morgan fingerprint density at radius 2 is 1.86 bits per heavy atom. The number of hydrogen-bond acceptors (Lipinski definition) is 7. The first-order valence-electron chi connectivity index (χ1n) is 8.67. The van der Waals surface area contributed by atoms with Crippen LogP contribution in [0, 0.1) is 0 Å². The fourth-order valence-electron chi connectivity index (χ4n) is 2.64. The maximum atomic E-state index is 11.9. The number of benzene rings is 2. The van der Waals surface area contributed by atoms with Crippen LogP contribution in [0.1, 0.15) is 5.69 Å². The smallest absolute Gasteiger partial charge is 0.344 e. The molecule has 150 valence electrons. The minimum Gasteiger partial charge on any atom is -0.486 e. The lowest BCUT2D eigenvalue weighted by molar-refractivity contribution is -0.147. The Morgan fingerprint density at radius 1 is 1.03 bits per heavy atom. The number of hydrogen-bond donors (Lipinski definition) is 0. The summed E-state index contributed by atoms with van der Waals surface area (Å²) >= 11 is 11.8. The summed E-state index contributed by atoms with van der Waals surface area (Å²) in [4.78, 5) is 11.9. The molecule has 0 spiro atoms. The maximum Gasteiger partial charge on any atom is 0.344 e. The van der Waals surface area contributed by atoms with Crippen molar-refractivity contribution in [2.45, 2.75) is 6.61 Å². The van der Waals surface area contributed by atoms with Crippen molar-refractivity contribution >= 4 is 29.2 Å². The van der Waals surface area contributed by atoms with E-state index in [1.807, 2.05) is 18.2 Å². The van der Waals surface area contributed by atoms with Crippen LogP contribution < -0.4 is 14.2 Å². The van der Waals surface area contributed by atoms with Gasteiger partial charge in [0.2, 0.25) is 0 Å². The number of aromatic nitrogens is 1. The van der Waals surface area contributed by atoms with Crippen LogP contribution in [0.4, 0.5) is 0 Å². The maximum absolute atomic E-state index is 11.9. The van der Waals surface area contributed by atoms with E-state index in [9.17, 15) is 4.79 Å². The lowest BCUT2D eigenvalue weighted by Gasteiger charge is -2.18. The molecule has 0 bridgehead atoms. The number of carbonyl (C=O) groups is 1. The van der Waals surface area contributed by atoms with Gasteiger partial charge in [-0.05, 0) is 36.4 Å². The highest BCUT2D eigenvalue weighted by Crippen LogP contribution is 2.34. The van der Waals surface area contributed by atoms with Crippen molar-refractivity contribution in [2.75, 3.05) is 19.8 Å². The van der Waals surface area contributed by atoms with E-state index in [-0.39, 0.29) is 13.2 Å². The molecule has 7 nitrogen and oxygen atoms in total. The molecule has 0 saturated heterocycles. The van der Waals surface area contributed by atoms with E-state index < -0.39 is 5.97 Å². The summed E-state index contributed by atoms with van der Waals surface area (Å²) in [5, 5.41) is 4.71. The molecule has 4 rings (SSSR count). The summed E-state index contributed by atoms with van der Waals surface area (Å²) in [5.41, 5.74) is 1.24. The highest BCUT2D eigenvalue weighted by Gasteiger charge is 2.15. The average molecular weight is 436 g/mol. The molecule has 0 N–H and O–H groups in total. The molecule has 2 aromatic carbocycles. The summed E-state index contributed by atoms with van der Waals surface area (Å²) in [6.07, 6.45) is 0. The normalized spacial score (nSPS) is 12.5. The summed E-state index contributed by atoms with van der Waals surface area (Å²) in [5.74, 6) is 1.64. The quantitative estimate of drug-likeness (QED) is 0.525. The van der Waals surface area contributed by atoms with E-state index >= 15 is 0 Å². The van der Waals surface area contributed by atoms with Gasteiger partial charge in [0.25, 0.3) is 0 Å². The molecule has 0 radical (unpaired) electrons. The molecule has 9 heteroatoms. The second kappa shape index (κ2) is 8.63. The van der Waals surface area contributed by atoms with E-state index in [1.54, 1.807) is 18.2 Å². The van der Waals surface area contributed by atoms with Crippen molar-refractivity contribution in [3.63, 3.8) is 0 Å². The molecule has 1 aliphatic rings. The first-order chi connectivity index (χ1) is 14.1. The van der Waals surface area contributed by atoms with Gasteiger partial charge in [-0.2, -0.15) is 0 Å². The predicted octanol–water partition coefficient (Wildman–Crippen LogP) is 4.54. The summed E-state index contributed by atoms with van der Waals surface area (Å²) < 4.78 is 26.9. The lowest BCUT2D eigenvalue weighted by Crippen LogP contribution is -2.15. The van der Waals surface area contributed by atoms with Gasteiger partial charge in [-0.1, -0.05) is 28.4 Å². The molecule has 1 aliphatic heterocycles. The first-order valence-corrected chi connectivity index (χ1v) is 9.43. The number of fused-ring (bicyclic) bond motifs is 1. The fourth-order valence-corrected chi connectivity index (χ4v) is 3.10. The van der Waals surface area contributed by atoms with Crippen molar-refractivity contribution < 1.29 is 28.3 Å². The number of halogens is 2. The fraction of sp³-hybridized carbons (Fsp3) is 0.200. The third-order valence-electron chi connectivity index (χ3n) is 4.01. The number of esters is 1. The third-order valence-corrected chi connectivity index (χ3v) is 4.54. The Kier molecular flexibility index (Phi) is 5.78.